The van der Waals surface area contributed by atoms with E-state index in [4.69, 9.17) is 11.6 Å². The van der Waals surface area contributed by atoms with Crippen molar-refractivity contribution in [2.45, 2.75) is 13.5 Å². The molecule has 1 heterocycles. The van der Waals surface area contributed by atoms with Crippen LogP contribution in [-0.2, 0) is 6.54 Å². The van der Waals surface area contributed by atoms with Crippen molar-refractivity contribution in [3.8, 4) is 5.69 Å². The first-order valence-electron chi connectivity index (χ1n) is 5.16. The van der Waals surface area contributed by atoms with Crippen molar-refractivity contribution in [2.75, 3.05) is 7.05 Å². The Labute approximate surface area is 100 Å². The zero-order chi connectivity index (χ0) is 11.5. The summed E-state index contributed by atoms with van der Waals surface area (Å²) in [4.78, 5) is 0. The SMILES string of the molecule is CNCc1nn(-c2ccc(C)cc2)cc1Cl. The first-order valence-corrected chi connectivity index (χ1v) is 5.54. The number of nitrogens with one attached hydrogen (secondary N) is 1. The van der Waals surface area contributed by atoms with E-state index in [1.165, 1.54) is 5.56 Å². The summed E-state index contributed by atoms with van der Waals surface area (Å²) in [5, 5.41) is 8.15. The topological polar surface area (TPSA) is 29.9 Å². The largest absolute Gasteiger partial charge is 0.314 e. The molecule has 0 saturated heterocycles. The molecule has 0 radical (unpaired) electrons. The maximum atomic E-state index is 6.08. The summed E-state index contributed by atoms with van der Waals surface area (Å²) in [5.74, 6) is 0. The molecule has 0 aliphatic rings. The molecular formula is C12H14ClN3. The number of benzene rings is 1. The van der Waals surface area contributed by atoms with Crippen molar-refractivity contribution in [3.05, 3.63) is 46.7 Å². The molecule has 3 nitrogen and oxygen atoms in total. The molecule has 2 rings (SSSR count). The van der Waals surface area contributed by atoms with Crippen molar-refractivity contribution < 1.29 is 0 Å². The molecule has 0 spiro atoms. The molecule has 2 aromatic rings. The van der Waals surface area contributed by atoms with Crippen LogP contribution in [0.25, 0.3) is 5.69 Å². The molecule has 1 aromatic heterocycles. The van der Waals surface area contributed by atoms with Gasteiger partial charge in [-0.1, -0.05) is 29.3 Å². The number of aromatic nitrogens is 2. The van der Waals surface area contributed by atoms with Crippen LogP contribution in [0, 0.1) is 6.92 Å². The quantitative estimate of drug-likeness (QED) is 0.886. The van der Waals surface area contributed by atoms with Gasteiger partial charge < -0.3 is 5.32 Å². The van der Waals surface area contributed by atoms with E-state index in [1.54, 1.807) is 4.68 Å². The third kappa shape index (κ3) is 2.26. The van der Waals surface area contributed by atoms with Gasteiger partial charge in [0, 0.05) is 12.7 Å². The maximum absolute atomic E-state index is 6.08. The number of hydrogen-bond acceptors (Lipinski definition) is 2. The second-order valence-electron chi connectivity index (χ2n) is 3.73. The Bertz CT molecular complexity index is 474. The summed E-state index contributed by atoms with van der Waals surface area (Å²) in [5.41, 5.74) is 3.12. The number of rotatable bonds is 3. The Morgan fingerprint density at radius 2 is 2.00 bits per heavy atom. The van der Waals surface area contributed by atoms with E-state index in [0.717, 1.165) is 11.4 Å². The van der Waals surface area contributed by atoms with Crippen LogP contribution in [0.4, 0.5) is 0 Å². The number of halogens is 1. The van der Waals surface area contributed by atoms with Crippen LogP contribution in [0.2, 0.25) is 5.02 Å². The minimum atomic E-state index is 0.678. The number of aryl methyl sites for hydroxylation is 1. The molecular weight excluding hydrogens is 222 g/mol. The highest BCUT2D eigenvalue weighted by molar-refractivity contribution is 6.31. The van der Waals surface area contributed by atoms with Crippen LogP contribution in [0.5, 0.6) is 0 Å². The normalized spacial score (nSPS) is 10.7. The molecule has 84 valence electrons. The standard InChI is InChI=1S/C12H14ClN3/c1-9-3-5-10(6-4-9)16-8-11(13)12(15-16)7-14-2/h3-6,8,14H,7H2,1-2H3. The Hall–Kier alpha value is -1.32. The second kappa shape index (κ2) is 4.68. The zero-order valence-corrected chi connectivity index (χ0v) is 10.1. The first-order chi connectivity index (χ1) is 7.70. The minimum absolute atomic E-state index is 0.678. The Morgan fingerprint density at radius 3 is 2.62 bits per heavy atom. The Morgan fingerprint density at radius 1 is 1.31 bits per heavy atom. The highest BCUT2D eigenvalue weighted by Gasteiger charge is 2.06. The van der Waals surface area contributed by atoms with Crippen molar-refractivity contribution in [1.29, 1.82) is 0 Å². The summed E-state index contributed by atoms with van der Waals surface area (Å²) >= 11 is 6.08. The average Bonchev–Trinajstić information content (AvgIpc) is 2.62. The van der Waals surface area contributed by atoms with Gasteiger partial charge in [-0.05, 0) is 26.1 Å². The fraction of sp³-hybridized carbons (Fsp3) is 0.250. The lowest BCUT2D eigenvalue weighted by molar-refractivity contribution is 0.757. The minimum Gasteiger partial charge on any atom is -0.314 e. The van der Waals surface area contributed by atoms with Gasteiger partial charge in [0.25, 0.3) is 0 Å². The molecule has 0 aliphatic heterocycles. The van der Waals surface area contributed by atoms with Crippen LogP contribution in [0.15, 0.2) is 30.5 Å². The predicted molar refractivity (Wildman–Crippen MR) is 66.1 cm³/mol. The summed E-state index contributed by atoms with van der Waals surface area (Å²) in [7, 11) is 1.88. The molecule has 16 heavy (non-hydrogen) atoms. The molecule has 0 saturated carbocycles. The smallest absolute Gasteiger partial charge is 0.0952 e. The fourth-order valence-electron chi connectivity index (χ4n) is 1.51. The molecule has 1 N–H and O–H groups in total. The van der Waals surface area contributed by atoms with Gasteiger partial charge in [0.15, 0.2) is 0 Å². The van der Waals surface area contributed by atoms with Crippen LogP contribution < -0.4 is 5.32 Å². The molecule has 0 bridgehead atoms. The molecule has 1 aromatic carbocycles. The van der Waals surface area contributed by atoms with E-state index in [2.05, 4.69) is 29.5 Å². The first kappa shape index (κ1) is 11.2. The van der Waals surface area contributed by atoms with Gasteiger partial charge in [0.2, 0.25) is 0 Å². The van der Waals surface area contributed by atoms with Crippen LogP contribution in [-0.4, -0.2) is 16.8 Å². The van der Waals surface area contributed by atoms with Crippen LogP contribution in [0.3, 0.4) is 0 Å². The maximum Gasteiger partial charge on any atom is 0.0952 e. The van der Waals surface area contributed by atoms with E-state index < -0.39 is 0 Å². The lowest BCUT2D eigenvalue weighted by atomic mass is 10.2. The third-order valence-corrected chi connectivity index (χ3v) is 2.70. The molecule has 0 amide bonds. The van der Waals surface area contributed by atoms with Gasteiger partial charge in [-0.2, -0.15) is 5.10 Å². The fourth-order valence-corrected chi connectivity index (χ4v) is 1.70. The molecule has 0 fully saturated rings. The van der Waals surface area contributed by atoms with Gasteiger partial charge >= 0.3 is 0 Å². The Balaban J connectivity index is 2.33. The van der Waals surface area contributed by atoms with Gasteiger partial charge in [0.05, 0.1) is 16.4 Å². The lowest BCUT2D eigenvalue weighted by Crippen LogP contribution is -2.06. The van der Waals surface area contributed by atoms with Crippen LogP contribution in [0.1, 0.15) is 11.3 Å². The second-order valence-corrected chi connectivity index (χ2v) is 4.14. The van der Waals surface area contributed by atoms with E-state index in [-0.39, 0.29) is 0 Å². The number of hydrogen-bond donors (Lipinski definition) is 1. The lowest BCUT2D eigenvalue weighted by Gasteiger charge is -2.01. The van der Waals surface area contributed by atoms with Crippen molar-refractivity contribution >= 4 is 11.6 Å². The molecule has 0 atom stereocenters. The molecule has 0 aliphatic carbocycles. The van der Waals surface area contributed by atoms with E-state index >= 15 is 0 Å². The van der Waals surface area contributed by atoms with Crippen molar-refractivity contribution in [3.63, 3.8) is 0 Å². The number of nitrogens with zero attached hydrogens (tertiary/aromatic N) is 2. The average molecular weight is 236 g/mol. The summed E-state index contributed by atoms with van der Waals surface area (Å²) in [6.45, 7) is 2.74. The van der Waals surface area contributed by atoms with E-state index in [9.17, 15) is 0 Å². The summed E-state index contributed by atoms with van der Waals surface area (Å²) < 4.78 is 1.80. The molecule has 4 heteroatoms. The van der Waals surface area contributed by atoms with Gasteiger partial charge in [-0.15, -0.1) is 0 Å². The van der Waals surface area contributed by atoms with Crippen molar-refractivity contribution in [2.24, 2.45) is 0 Å². The van der Waals surface area contributed by atoms with Crippen molar-refractivity contribution in [1.82, 2.24) is 15.1 Å². The van der Waals surface area contributed by atoms with Gasteiger partial charge in [-0.3, -0.25) is 0 Å². The highest BCUT2D eigenvalue weighted by Crippen LogP contribution is 2.17. The monoisotopic (exact) mass is 235 g/mol. The highest BCUT2D eigenvalue weighted by atomic mass is 35.5. The third-order valence-electron chi connectivity index (χ3n) is 2.38. The molecule has 0 unspecified atom stereocenters. The van der Waals surface area contributed by atoms with Crippen LogP contribution >= 0.6 is 11.6 Å². The predicted octanol–water partition coefficient (Wildman–Crippen LogP) is 2.55. The Kier molecular flexibility index (Phi) is 3.27. The summed E-state index contributed by atoms with van der Waals surface area (Å²) in [6.07, 6.45) is 1.83. The van der Waals surface area contributed by atoms with Gasteiger partial charge in [0.1, 0.15) is 0 Å². The zero-order valence-electron chi connectivity index (χ0n) is 9.37. The van der Waals surface area contributed by atoms with E-state index in [0.29, 0.717) is 11.6 Å². The van der Waals surface area contributed by atoms with E-state index in [1.807, 2.05) is 25.4 Å². The van der Waals surface area contributed by atoms with Gasteiger partial charge in [-0.25, -0.2) is 4.68 Å². The summed E-state index contributed by atoms with van der Waals surface area (Å²) in [6, 6.07) is 8.18.